The lowest BCUT2D eigenvalue weighted by atomic mass is 9.82. The van der Waals surface area contributed by atoms with Crippen molar-refractivity contribution in [3.63, 3.8) is 0 Å². The molecule has 2 rings (SSSR count). The molecule has 0 amide bonds. The Labute approximate surface area is 126 Å². The van der Waals surface area contributed by atoms with Gasteiger partial charge >= 0.3 is 7.12 Å². The van der Waals surface area contributed by atoms with Gasteiger partial charge in [0.15, 0.2) is 4.87 Å². The molecule has 0 saturated carbocycles. The van der Waals surface area contributed by atoms with Crippen molar-refractivity contribution in [2.75, 3.05) is 0 Å². The van der Waals surface area contributed by atoms with Gasteiger partial charge in [0.1, 0.15) is 0 Å². The number of hydrazine groups is 1. The Balaban J connectivity index is 1.92. The van der Waals surface area contributed by atoms with Gasteiger partial charge in [-0.25, -0.2) is 19.0 Å². The maximum absolute atomic E-state index is 11.8. The van der Waals surface area contributed by atoms with Crippen LogP contribution >= 0.6 is 0 Å². The van der Waals surface area contributed by atoms with Crippen LogP contribution in [-0.2, 0) is 19.3 Å². The highest BCUT2D eigenvalue weighted by atomic mass is 32.2. The second-order valence-corrected chi connectivity index (χ2v) is 8.43. The second-order valence-electron chi connectivity index (χ2n) is 6.62. The van der Waals surface area contributed by atoms with E-state index in [1.54, 1.807) is 6.20 Å². The highest BCUT2D eigenvalue weighted by Crippen LogP contribution is 2.38. The molecule has 2 heterocycles. The minimum Gasteiger partial charge on any atom is -0.403 e. The minimum absolute atomic E-state index is 0.328. The summed E-state index contributed by atoms with van der Waals surface area (Å²) in [6.45, 7) is 7.96. The molecular weight excluding hydrogens is 293 g/mol. The van der Waals surface area contributed by atoms with Gasteiger partial charge in [0, 0.05) is 6.20 Å². The van der Waals surface area contributed by atoms with Crippen LogP contribution in [0.5, 0.6) is 0 Å². The molecule has 9 heteroatoms. The lowest BCUT2D eigenvalue weighted by molar-refractivity contribution is 0.00578. The van der Waals surface area contributed by atoms with E-state index in [9.17, 15) is 8.42 Å². The molecule has 1 fully saturated rings. The molecule has 0 spiro atoms. The van der Waals surface area contributed by atoms with Crippen LogP contribution in [0, 0.1) is 0 Å². The Morgan fingerprint density at radius 1 is 1.19 bits per heavy atom. The fourth-order valence-electron chi connectivity index (χ4n) is 2.45. The standard InChI is InChI=1S/C12H24BN3O4S/c1-10(2)11(3,4)20-13(19-10)8-5-6-12(21(14,17)18)7-9-15-16-12/h7,9,15-16H,5-6,8H2,1-4H3,(H2,14,17,18). The van der Waals surface area contributed by atoms with Gasteiger partial charge in [0.05, 0.1) is 11.2 Å². The summed E-state index contributed by atoms with van der Waals surface area (Å²) in [7, 11) is -4.08. The summed E-state index contributed by atoms with van der Waals surface area (Å²) in [5, 5.41) is 5.31. The number of nitrogens with two attached hydrogens (primary N) is 1. The molecule has 2 aliphatic rings. The molecule has 0 bridgehead atoms. The Hall–Kier alpha value is -0.605. The van der Waals surface area contributed by atoms with Crippen molar-refractivity contribution in [3.05, 3.63) is 12.3 Å². The molecule has 0 aromatic heterocycles. The molecule has 2 aliphatic heterocycles. The number of nitrogens with one attached hydrogen (secondary N) is 2. The predicted octanol–water partition coefficient (Wildman–Crippen LogP) is 0.465. The van der Waals surface area contributed by atoms with Crippen LogP contribution in [0.2, 0.25) is 6.32 Å². The first-order valence-corrected chi connectivity index (χ1v) is 8.62. The van der Waals surface area contributed by atoms with Gasteiger partial charge in [-0.3, -0.25) is 0 Å². The zero-order valence-electron chi connectivity index (χ0n) is 13.0. The fourth-order valence-corrected chi connectivity index (χ4v) is 3.34. The van der Waals surface area contributed by atoms with Gasteiger partial charge in [-0.2, -0.15) is 0 Å². The van der Waals surface area contributed by atoms with Crippen molar-refractivity contribution in [2.24, 2.45) is 5.14 Å². The molecule has 1 unspecified atom stereocenters. The smallest absolute Gasteiger partial charge is 0.403 e. The monoisotopic (exact) mass is 317 g/mol. The normalized spacial score (nSPS) is 30.6. The summed E-state index contributed by atoms with van der Waals surface area (Å²) < 4.78 is 35.3. The maximum atomic E-state index is 11.8. The van der Waals surface area contributed by atoms with Crippen LogP contribution in [0.15, 0.2) is 12.3 Å². The van der Waals surface area contributed by atoms with Crippen molar-refractivity contribution < 1.29 is 17.7 Å². The third-order valence-electron chi connectivity index (χ3n) is 4.52. The van der Waals surface area contributed by atoms with E-state index in [0.29, 0.717) is 19.2 Å². The minimum atomic E-state index is -3.75. The van der Waals surface area contributed by atoms with Gasteiger partial charge in [-0.1, -0.05) is 6.42 Å². The van der Waals surface area contributed by atoms with E-state index in [1.165, 1.54) is 6.08 Å². The second kappa shape index (κ2) is 5.24. The first-order chi connectivity index (χ1) is 9.49. The van der Waals surface area contributed by atoms with Crippen molar-refractivity contribution in [1.82, 2.24) is 10.9 Å². The highest BCUT2D eigenvalue weighted by Gasteiger charge is 2.51. The summed E-state index contributed by atoms with van der Waals surface area (Å²) >= 11 is 0. The Morgan fingerprint density at radius 3 is 2.19 bits per heavy atom. The van der Waals surface area contributed by atoms with E-state index in [4.69, 9.17) is 14.4 Å². The zero-order chi connectivity index (χ0) is 15.9. The SMILES string of the molecule is CC1(C)OB(CCCC2(S(N)(=O)=O)C=CNN2)OC1(C)C. The largest absolute Gasteiger partial charge is 0.457 e. The third kappa shape index (κ3) is 3.12. The van der Waals surface area contributed by atoms with Crippen LogP contribution in [0.1, 0.15) is 40.5 Å². The van der Waals surface area contributed by atoms with E-state index >= 15 is 0 Å². The van der Waals surface area contributed by atoms with Crippen LogP contribution < -0.4 is 16.0 Å². The summed E-state index contributed by atoms with van der Waals surface area (Å²) in [5.41, 5.74) is 4.64. The van der Waals surface area contributed by atoms with Gasteiger partial charge in [0.2, 0.25) is 10.0 Å². The third-order valence-corrected chi connectivity index (χ3v) is 5.98. The van der Waals surface area contributed by atoms with Crippen LogP contribution in [0.4, 0.5) is 0 Å². The van der Waals surface area contributed by atoms with Crippen LogP contribution in [0.25, 0.3) is 0 Å². The van der Waals surface area contributed by atoms with Crippen molar-refractivity contribution in [1.29, 1.82) is 0 Å². The molecule has 120 valence electrons. The molecule has 1 saturated heterocycles. The summed E-state index contributed by atoms with van der Waals surface area (Å²) in [4.78, 5) is -1.25. The van der Waals surface area contributed by atoms with Crippen molar-refractivity contribution in [2.45, 2.75) is 62.9 Å². The number of sulfonamides is 1. The summed E-state index contributed by atoms with van der Waals surface area (Å²) in [6.07, 6.45) is 4.64. The van der Waals surface area contributed by atoms with E-state index < -0.39 is 14.9 Å². The molecule has 0 radical (unpaired) electrons. The number of hydrogen-bond donors (Lipinski definition) is 3. The van der Waals surface area contributed by atoms with Crippen molar-refractivity contribution >= 4 is 17.1 Å². The van der Waals surface area contributed by atoms with E-state index in [0.717, 1.165) is 0 Å². The summed E-state index contributed by atoms with van der Waals surface area (Å²) in [5.74, 6) is 0. The Bertz CT molecular complexity index is 519. The average molecular weight is 317 g/mol. The molecule has 0 aliphatic carbocycles. The molecule has 1 atom stereocenters. The van der Waals surface area contributed by atoms with E-state index in [2.05, 4.69) is 10.9 Å². The van der Waals surface area contributed by atoms with Crippen LogP contribution in [-0.4, -0.2) is 31.6 Å². The quantitative estimate of drug-likeness (QED) is 0.637. The first-order valence-electron chi connectivity index (χ1n) is 7.08. The lowest BCUT2D eigenvalue weighted by Crippen LogP contribution is -2.53. The first kappa shape index (κ1) is 16.8. The predicted molar refractivity (Wildman–Crippen MR) is 81.4 cm³/mol. The zero-order valence-corrected chi connectivity index (χ0v) is 13.8. The number of rotatable bonds is 5. The topological polar surface area (TPSA) is 103 Å². The van der Waals surface area contributed by atoms with E-state index in [-0.39, 0.29) is 18.3 Å². The lowest BCUT2D eigenvalue weighted by Gasteiger charge is -2.32. The van der Waals surface area contributed by atoms with Crippen LogP contribution in [0.3, 0.4) is 0 Å². The van der Waals surface area contributed by atoms with E-state index in [1.807, 2.05) is 27.7 Å². The van der Waals surface area contributed by atoms with Gasteiger partial charge in [-0.05, 0) is 46.5 Å². The number of hydrogen-bond acceptors (Lipinski definition) is 6. The molecule has 4 N–H and O–H groups in total. The number of primary sulfonamides is 1. The molecule has 0 aromatic carbocycles. The average Bonchev–Trinajstić information content (AvgIpc) is 2.83. The molecule has 7 nitrogen and oxygen atoms in total. The van der Waals surface area contributed by atoms with Gasteiger partial charge < -0.3 is 14.7 Å². The maximum Gasteiger partial charge on any atom is 0.457 e. The Kier molecular flexibility index (Phi) is 4.18. The molecule has 0 aromatic rings. The Morgan fingerprint density at radius 2 is 1.76 bits per heavy atom. The highest BCUT2D eigenvalue weighted by molar-refractivity contribution is 7.90. The van der Waals surface area contributed by atoms with Crippen molar-refractivity contribution in [3.8, 4) is 0 Å². The molecular formula is C12H24BN3O4S. The summed E-state index contributed by atoms with van der Waals surface area (Å²) in [6, 6.07) is 0. The fraction of sp³-hybridized carbons (Fsp3) is 0.833. The van der Waals surface area contributed by atoms with Gasteiger partial charge in [-0.15, -0.1) is 0 Å². The van der Waals surface area contributed by atoms with Gasteiger partial charge in [0.25, 0.3) is 0 Å². The molecule has 21 heavy (non-hydrogen) atoms.